The molecule has 6 heteroatoms. The fourth-order valence-electron chi connectivity index (χ4n) is 1.95. The largest absolute Gasteiger partial charge is 0.376 e. The predicted molar refractivity (Wildman–Crippen MR) is 72.2 cm³/mol. The molecule has 6 nitrogen and oxygen atoms in total. The molecular weight excluding hydrogens is 244 g/mol. The first-order chi connectivity index (χ1) is 9.26. The Kier molecular flexibility index (Phi) is 4.48. The number of anilines is 1. The number of hydrogen-bond donors (Lipinski definition) is 1. The standard InChI is InChI=1S/C13H18N4O2/c1-10(13(18-2)19-3)15-11-6-4-5-7-12(11)17-9-8-14-16-17/h4-10,13,15H,1-3H3. The lowest BCUT2D eigenvalue weighted by Gasteiger charge is -2.24. The highest BCUT2D eigenvalue weighted by Gasteiger charge is 2.17. The van der Waals surface area contributed by atoms with Gasteiger partial charge < -0.3 is 14.8 Å². The monoisotopic (exact) mass is 262 g/mol. The molecule has 1 atom stereocenters. The molecule has 2 aromatic rings. The van der Waals surface area contributed by atoms with Crippen molar-refractivity contribution in [3.8, 4) is 5.69 Å². The Bertz CT molecular complexity index is 497. The molecule has 0 spiro atoms. The summed E-state index contributed by atoms with van der Waals surface area (Å²) in [4.78, 5) is 0. The minimum Gasteiger partial charge on any atom is -0.376 e. The van der Waals surface area contributed by atoms with E-state index < -0.39 is 0 Å². The van der Waals surface area contributed by atoms with Crippen LogP contribution in [0.4, 0.5) is 5.69 Å². The molecule has 0 aliphatic rings. The van der Waals surface area contributed by atoms with Crippen LogP contribution in [0.25, 0.3) is 5.69 Å². The van der Waals surface area contributed by atoms with Crippen LogP contribution in [0.3, 0.4) is 0 Å². The van der Waals surface area contributed by atoms with Crippen molar-refractivity contribution in [3.63, 3.8) is 0 Å². The van der Waals surface area contributed by atoms with Gasteiger partial charge in [-0.15, -0.1) is 5.10 Å². The molecule has 1 aromatic heterocycles. The lowest BCUT2D eigenvalue weighted by Crippen LogP contribution is -2.34. The van der Waals surface area contributed by atoms with Crippen molar-refractivity contribution in [2.75, 3.05) is 19.5 Å². The first-order valence-electron chi connectivity index (χ1n) is 6.04. The zero-order chi connectivity index (χ0) is 13.7. The van der Waals surface area contributed by atoms with Gasteiger partial charge in [-0.25, -0.2) is 4.68 Å². The van der Waals surface area contributed by atoms with Gasteiger partial charge in [0.1, 0.15) is 0 Å². The molecule has 1 heterocycles. The molecule has 0 saturated carbocycles. The maximum Gasteiger partial charge on any atom is 0.176 e. The predicted octanol–water partition coefficient (Wildman–Crippen LogP) is 1.69. The van der Waals surface area contributed by atoms with Crippen molar-refractivity contribution >= 4 is 5.69 Å². The van der Waals surface area contributed by atoms with Crippen molar-refractivity contribution in [1.82, 2.24) is 15.0 Å². The van der Waals surface area contributed by atoms with Crippen LogP contribution >= 0.6 is 0 Å². The van der Waals surface area contributed by atoms with E-state index in [-0.39, 0.29) is 12.3 Å². The van der Waals surface area contributed by atoms with Crippen molar-refractivity contribution in [3.05, 3.63) is 36.7 Å². The van der Waals surface area contributed by atoms with E-state index >= 15 is 0 Å². The van der Waals surface area contributed by atoms with Crippen LogP contribution in [0, 0.1) is 0 Å². The highest BCUT2D eigenvalue weighted by molar-refractivity contribution is 5.60. The fourth-order valence-corrected chi connectivity index (χ4v) is 1.95. The highest BCUT2D eigenvalue weighted by atomic mass is 16.7. The summed E-state index contributed by atoms with van der Waals surface area (Å²) in [5.74, 6) is 0. The number of nitrogens with zero attached hydrogens (tertiary/aromatic N) is 3. The second-order valence-corrected chi connectivity index (χ2v) is 4.14. The molecule has 19 heavy (non-hydrogen) atoms. The first-order valence-corrected chi connectivity index (χ1v) is 6.04. The zero-order valence-corrected chi connectivity index (χ0v) is 11.3. The minimum atomic E-state index is -0.316. The van der Waals surface area contributed by atoms with Crippen molar-refractivity contribution in [1.29, 1.82) is 0 Å². The Morgan fingerprint density at radius 3 is 2.58 bits per heavy atom. The van der Waals surface area contributed by atoms with Gasteiger partial charge in [-0.3, -0.25) is 0 Å². The summed E-state index contributed by atoms with van der Waals surface area (Å²) in [6.07, 6.45) is 3.13. The van der Waals surface area contributed by atoms with Crippen molar-refractivity contribution < 1.29 is 9.47 Å². The van der Waals surface area contributed by atoms with Crippen LogP contribution in [0.15, 0.2) is 36.7 Å². The number of nitrogens with one attached hydrogen (secondary N) is 1. The van der Waals surface area contributed by atoms with Gasteiger partial charge in [0, 0.05) is 14.2 Å². The van der Waals surface area contributed by atoms with Gasteiger partial charge in [0.2, 0.25) is 0 Å². The molecule has 1 aromatic carbocycles. The summed E-state index contributed by atoms with van der Waals surface area (Å²) >= 11 is 0. The quantitative estimate of drug-likeness (QED) is 0.803. The van der Waals surface area contributed by atoms with E-state index in [1.54, 1.807) is 31.3 Å². The number of methoxy groups -OCH3 is 2. The Morgan fingerprint density at radius 2 is 1.95 bits per heavy atom. The van der Waals surface area contributed by atoms with Crippen LogP contribution in [-0.2, 0) is 9.47 Å². The van der Waals surface area contributed by atoms with E-state index in [9.17, 15) is 0 Å². The van der Waals surface area contributed by atoms with Crippen LogP contribution in [-0.4, -0.2) is 41.5 Å². The second-order valence-electron chi connectivity index (χ2n) is 4.14. The lowest BCUT2D eigenvalue weighted by molar-refractivity contribution is -0.109. The zero-order valence-electron chi connectivity index (χ0n) is 11.3. The van der Waals surface area contributed by atoms with Crippen LogP contribution in [0.2, 0.25) is 0 Å². The van der Waals surface area contributed by atoms with Gasteiger partial charge in [-0.05, 0) is 19.1 Å². The molecule has 0 amide bonds. The summed E-state index contributed by atoms with van der Waals surface area (Å²) in [5.41, 5.74) is 1.87. The third-order valence-electron chi connectivity index (χ3n) is 2.83. The molecule has 0 saturated heterocycles. The SMILES string of the molecule is COC(OC)C(C)Nc1ccccc1-n1ccnn1. The molecule has 1 unspecified atom stereocenters. The molecule has 1 N–H and O–H groups in total. The molecule has 2 rings (SSSR count). The van der Waals surface area contributed by atoms with Crippen LogP contribution < -0.4 is 5.32 Å². The Morgan fingerprint density at radius 1 is 1.21 bits per heavy atom. The molecule has 0 aliphatic carbocycles. The number of aromatic nitrogens is 3. The van der Waals surface area contributed by atoms with Gasteiger partial charge in [-0.2, -0.15) is 0 Å². The lowest BCUT2D eigenvalue weighted by atomic mass is 10.2. The normalized spacial score (nSPS) is 12.6. The van der Waals surface area contributed by atoms with Gasteiger partial charge >= 0.3 is 0 Å². The van der Waals surface area contributed by atoms with Crippen molar-refractivity contribution in [2.24, 2.45) is 0 Å². The van der Waals surface area contributed by atoms with Crippen molar-refractivity contribution in [2.45, 2.75) is 19.3 Å². The fraction of sp³-hybridized carbons (Fsp3) is 0.385. The van der Waals surface area contributed by atoms with Gasteiger partial charge in [0.05, 0.1) is 29.8 Å². The van der Waals surface area contributed by atoms with Gasteiger partial charge in [0.25, 0.3) is 0 Å². The summed E-state index contributed by atoms with van der Waals surface area (Å²) in [6, 6.07) is 7.87. The third-order valence-corrected chi connectivity index (χ3v) is 2.83. The first kappa shape index (κ1) is 13.5. The Hall–Kier alpha value is -1.92. The number of para-hydroxylation sites is 2. The summed E-state index contributed by atoms with van der Waals surface area (Å²) in [6.45, 7) is 2.00. The summed E-state index contributed by atoms with van der Waals surface area (Å²) in [7, 11) is 3.24. The van der Waals surface area contributed by atoms with Gasteiger partial charge in [-0.1, -0.05) is 17.3 Å². The third kappa shape index (κ3) is 3.10. The molecule has 102 valence electrons. The van der Waals surface area contributed by atoms with E-state index in [1.807, 2.05) is 31.2 Å². The van der Waals surface area contributed by atoms with E-state index in [4.69, 9.17) is 9.47 Å². The van der Waals surface area contributed by atoms with Gasteiger partial charge in [0.15, 0.2) is 6.29 Å². The topological polar surface area (TPSA) is 61.2 Å². The average Bonchev–Trinajstić information content (AvgIpc) is 2.94. The second kappa shape index (κ2) is 6.31. The average molecular weight is 262 g/mol. The molecule has 0 bridgehead atoms. The number of hydrogen-bond acceptors (Lipinski definition) is 5. The maximum absolute atomic E-state index is 5.24. The van der Waals surface area contributed by atoms with Crippen LogP contribution in [0.5, 0.6) is 0 Å². The minimum absolute atomic E-state index is 0.000304. The number of benzene rings is 1. The Labute approximate surface area is 112 Å². The van der Waals surface area contributed by atoms with E-state index in [2.05, 4.69) is 15.6 Å². The smallest absolute Gasteiger partial charge is 0.176 e. The molecule has 0 aliphatic heterocycles. The molecular formula is C13H18N4O2. The maximum atomic E-state index is 5.24. The van der Waals surface area contributed by atoms with E-state index in [1.165, 1.54) is 0 Å². The summed E-state index contributed by atoms with van der Waals surface area (Å²) < 4.78 is 12.2. The van der Waals surface area contributed by atoms with E-state index in [0.29, 0.717) is 0 Å². The molecule has 0 fully saturated rings. The number of ether oxygens (including phenoxy) is 2. The van der Waals surface area contributed by atoms with Crippen LogP contribution in [0.1, 0.15) is 6.92 Å². The Balaban J connectivity index is 2.21. The summed E-state index contributed by atoms with van der Waals surface area (Å²) in [5, 5.41) is 11.2. The number of rotatable bonds is 6. The van der Waals surface area contributed by atoms with E-state index in [0.717, 1.165) is 11.4 Å². The highest BCUT2D eigenvalue weighted by Crippen LogP contribution is 2.20. The molecule has 0 radical (unpaired) electrons.